The van der Waals surface area contributed by atoms with E-state index in [0.29, 0.717) is 56.4 Å². The van der Waals surface area contributed by atoms with Crippen LogP contribution in [0.25, 0.3) is 12.7 Å². The summed E-state index contributed by atoms with van der Waals surface area (Å²) in [6.45, 7) is 14.2. The first-order valence-corrected chi connectivity index (χ1v) is 14.6. The maximum Gasteiger partial charge on any atom is 0.317 e. The molecule has 1 fully saturated rings. The van der Waals surface area contributed by atoms with Gasteiger partial charge in [0.25, 0.3) is 11.7 Å². The number of halogens is 2. The Balaban J connectivity index is 0.00000221. The summed E-state index contributed by atoms with van der Waals surface area (Å²) >= 11 is 10.6. The zero-order valence-electron chi connectivity index (χ0n) is 25.0. The number of urea groups is 1. The minimum atomic E-state index is -0.571. The molecule has 0 radical (unpaired) electrons. The number of aldehydes is 1. The third-order valence-electron chi connectivity index (χ3n) is 6.39. The van der Waals surface area contributed by atoms with Crippen LogP contribution in [-0.4, -0.2) is 82.5 Å². The lowest BCUT2D eigenvalue weighted by molar-refractivity contribution is -0.743. The lowest BCUT2D eigenvalue weighted by Gasteiger charge is -2.31. The van der Waals surface area contributed by atoms with Gasteiger partial charge in [0, 0.05) is 52.0 Å². The SMILES string of the molecule is C=C(/C=c1\c(=C)n(CC)c(CNC(=O)c2nc(Cl)c(N)nc2N)[n+]1C1CCN(C(=O)NCC)CC1)OCC=O.CCl.CO. The highest BCUT2D eigenvalue weighted by Gasteiger charge is 2.32. The minimum Gasteiger partial charge on any atom is -0.487 e. The minimum absolute atomic E-state index is 0.0168. The zero-order valence-corrected chi connectivity index (χ0v) is 26.5. The molecule has 43 heavy (non-hydrogen) atoms. The van der Waals surface area contributed by atoms with E-state index >= 15 is 0 Å². The summed E-state index contributed by atoms with van der Waals surface area (Å²) in [4.78, 5) is 45.8. The highest BCUT2D eigenvalue weighted by Crippen LogP contribution is 2.19. The Morgan fingerprint density at radius 1 is 1.16 bits per heavy atom. The highest BCUT2D eigenvalue weighted by molar-refractivity contribution is 6.31. The van der Waals surface area contributed by atoms with Crippen molar-refractivity contribution in [2.45, 2.75) is 45.8 Å². The first-order chi connectivity index (χ1) is 20.6. The lowest BCUT2D eigenvalue weighted by atomic mass is 10.0. The molecule has 0 atom stereocenters. The predicted octanol–water partition coefficient (Wildman–Crippen LogP) is 0.0832. The maximum absolute atomic E-state index is 13.0. The monoisotopic (exact) mass is 642 g/mol. The smallest absolute Gasteiger partial charge is 0.317 e. The van der Waals surface area contributed by atoms with E-state index in [0.717, 1.165) is 18.3 Å². The molecule has 3 amide bonds. The normalized spacial score (nSPS) is 13.2. The maximum atomic E-state index is 13.0. The Morgan fingerprint density at radius 3 is 2.35 bits per heavy atom. The number of carbonyl (C=O) groups excluding carboxylic acids is 3. The number of amides is 3. The molecule has 2 aromatic heterocycles. The summed E-state index contributed by atoms with van der Waals surface area (Å²) in [5, 5.41) is 14.0. The first kappa shape index (κ1) is 37.1. The van der Waals surface area contributed by atoms with Crippen molar-refractivity contribution < 1.29 is 28.8 Å². The topological polar surface area (TPSA) is 195 Å². The standard InChI is InChI=1S/C25H34ClN9O4.CH3Cl.CH4O/c1-5-29-25(38)33-9-7-17(8-10-33)35-18(13-15(3)39-12-11-36)16(4)34(6-2)19(35)14-30-24(37)20-22(27)32-23(28)21(26)31-20;2*1-2/h11,13,17H,3-10,12,14H2,1-2H3,(H5-,27,28,29,30,32,37,38);1H3;2H,1H3/p+1/b18-13+;;. The molecule has 0 spiro atoms. The number of anilines is 2. The summed E-state index contributed by atoms with van der Waals surface area (Å²) < 4.78 is 9.45. The van der Waals surface area contributed by atoms with Crippen LogP contribution in [-0.2, 0) is 22.6 Å². The van der Waals surface area contributed by atoms with E-state index in [1.54, 1.807) is 11.0 Å². The van der Waals surface area contributed by atoms with E-state index in [4.69, 9.17) is 32.9 Å². The molecule has 238 valence electrons. The van der Waals surface area contributed by atoms with Crippen LogP contribution in [0, 0.1) is 0 Å². The number of rotatable bonds is 10. The van der Waals surface area contributed by atoms with Crippen LogP contribution in [0.1, 0.15) is 49.0 Å². The fourth-order valence-corrected chi connectivity index (χ4v) is 4.72. The Kier molecular flexibility index (Phi) is 16.1. The molecule has 0 aliphatic carbocycles. The number of nitrogens with zero attached hydrogens (tertiary/aromatic N) is 5. The van der Waals surface area contributed by atoms with Crippen LogP contribution < -0.4 is 37.4 Å². The molecule has 0 saturated carbocycles. The molecular formula is C27H42Cl2N9O5+. The van der Waals surface area contributed by atoms with Crippen LogP contribution in [0.3, 0.4) is 0 Å². The van der Waals surface area contributed by atoms with Crippen LogP contribution in [0.2, 0.25) is 5.15 Å². The number of allylic oxidation sites excluding steroid dienone is 1. The summed E-state index contributed by atoms with van der Waals surface area (Å²) in [5.41, 5.74) is 11.4. The van der Waals surface area contributed by atoms with E-state index in [2.05, 4.69) is 49.9 Å². The molecule has 0 aromatic carbocycles. The Bertz CT molecular complexity index is 1380. The van der Waals surface area contributed by atoms with E-state index in [9.17, 15) is 14.4 Å². The van der Waals surface area contributed by atoms with Crippen molar-refractivity contribution in [3.05, 3.63) is 39.7 Å². The number of alkyl halides is 1. The molecule has 16 heteroatoms. The summed E-state index contributed by atoms with van der Waals surface area (Å²) in [6.07, 6.45) is 5.18. The van der Waals surface area contributed by atoms with E-state index < -0.39 is 5.91 Å². The molecule has 3 heterocycles. The number of ether oxygens (including phenoxy) is 1. The average Bonchev–Trinajstić information content (AvgIpc) is 3.28. The number of aliphatic hydroxyl groups excluding tert-OH is 1. The summed E-state index contributed by atoms with van der Waals surface area (Å²) in [5.74, 6) is 0.277. The second kappa shape index (κ2) is 18.6. The van der Waals surface area contributed by atoms with Gasteiger partial charge < -0.3 is 36.8 Å². The van der Waals surface area contributed by atoms with Gasteiger partial charge in [-0.15, -0.1) is 11.6 Å². The van der Waals surface area contributed by atoms with Crippen molar-refractivity contribution in [2.75, 3.05) is 51.2 Å². The second-order valence-corrected chi connectivity index (χ2v) is 9.18. The van der Waals surface area contributed by atoms with E-state index in [-0.39, 0.29) is 47.7 Å². The molecule has 2 aromatic rings. The van der Waals surface area contributed by atoms with Crippen LogP contribution in [0.4, 0.5) is 16.4 Å². The van der Waals surface area contributed by atoms with Gasteiger partial charge in [0.05, 0.1) is 6.54 Å². The summed E-state index contributed by atoms with van der Waals surface area (Å²) in [7, 11) is 1.00. The number of piperidine rings is 1. The Morgan fingerprint density at radius 2 is 1.79 bits per heavy atom. The molecule has 1 saturated heterocycles. The van der Waals surface area contributed by atoms with Gasteiger partial charge in [-0.05, 0) is 20.4 Å². The fraction of sp³-hybridized carbons (Fsp3) is 0.481. The second-order valence-electron chi connectivity index (χ2n) is 8.82. The lowest BCUT2D eigenvalue weighted by Crippen LogP contribution is -2.60. The number of nitrogen functional groups attached to an aromatic ring is 2. The van der Waals surface area contributed by atoms with Gasteiger partial charge in [-0.25, -0.2) is 23.9 Å². The molecule has 7 N–H and O–H groups in total. The van der Waals surface area contributed by atoms with E-state index in [1.807, 2.05) is 18.4 Å². The van der Waals surface area contributed by atoms with Crippen molar-refractivity contribution in [3.63, 3.8) is 0 Å². The number of hydrogen-bond donors (Lipinski definition) is 5. The number of nitrogens with two attached hydrogens (primary N) is 2. The molecule has 1 aliphatic rings. The quantitative estimate of drug-likeness (QED) is 0.103. The van der Waals surface area contributed by atoms with Crippen molar-refractivity contribution in [2.24, 2.45) is 0 Å². The molecule has 3 rings (SSSR count). The third kappa shape index (κ3) is 9.56. The fourth-order valence-electron chi connectivity index (χ4n) is 4.59. The largest absolute Gasteiger partial charge is 0.487 e. The van der Waals surface area contributed by atoms with Crippen molar-refractivity contribution in [1.82, 2.24) is 30.1 Å². The van der Waals surface area contributed by atoms with Gasteiger partial charge in [0.15, 0.2) is 39.5 Å². The van der Waals surface area contributed by atoms with Gasteiger partial charge in [0.2, 0.25) is 0 Å². The Hall–Kier alpha value is -3.88. The van der Waals surface area contributed by atoms with Gasteiger partial charge in [-0.3, -0.25) is 9.59 Å². The number of aromatic nitrogens is 4. The molecule has 14 nitrogen and oxygen atoms in total. The van der Waals surface area contributed by atoms with E-state index in [1.165, 1.54) is 6.38 Å². The predicted molar refractivity (Wildman–Crippen MR) is 167 cm³/mol. The van der Waals surface area contributed by atoms with Crippen LogP contribution >= 0.6 is 23.2 Å². The van der Waals surface area contributed by atoms with Crippen molar-refractivity contribution >= 4 is 65.7 Å². The molecule has 0 bridgehead atoms. The zero-order chi connectivity index (χ0) is 32.7. The van der Waals surface area contributed by atoms with Crippen molar-refractivity contribution in [1.29, 1.82) is 0 Å². The number of likely N-dealkylation sites (tertiary alicyclic amines) is 1. The van der Waals surface area contributed by atoms with Gasteiger partial charge in [0.1, 0.15) is 25.0 Å². The number of carbonyl (C=O) groups is 3. The summed E-state index contributed by atoms with van der Waals surface area (Å²) in [6, 6.07) is -0.113. The Labute approximate surface area is 261 Å². The average molecular weight is 644 g/mol. The van der Waals surface area contributed by atoms with Crippen LogP contribution in [0.5, 0.6) is 0 Å². The van der Waals surface area contributed by atoms with Gasteiger partial charge in [-0.2, -0.15) is 0 Å². The first-order valence-electron chi connectivity index (χ1n) is 13.4. The highest BCUT2D eigenvalue weighted by atomic mass is 35.5. The number of nitrogens with one attached hydrogen (secondary N) is 2. The number of imidazole rings is 1. The van der Waals surface area contributed by atoms with Gasteiger partial charge in [-0.1, -0.05) is 18.2 Å². The number of aliphatic hydroxyl groups is 1. The van der Waals surface area contributed by atoms with Crippen molar-refractivity contribution in [3.8, 4) is 0 Å². The van der Waals surface area contributed by atoms with Gasteiger partial charge >= 0.3 is 6.03 Å². The molecular weight excluding hydrogens is 601 g/mol. The number of hydrogen-bond acceptors (Lipinski definition) is 9. The third-order valence-corrected chi connectivity index (χ3v) is 6.67. The molecule has 1 aliphatic heterocycles. The van der Waals surface area contributed by atoms with Crippen LogP contribution in [0.15, 0.2) is 12.3 Å². The molecule has 0 unspecified atom stereocenters.